The molecule has 0 aliphatic heterocycles. The molecule has 1 nitrogen and oxygen atoms in total. The molecule has 0 aromatic carbocycles. The third kappa shape index (κ3) is 1.66. The van der Waals surface area contributed by atoms with E-state index >= 15 is 0 Å². The predicted molar refractivity (Wildman–Crippen MR) is 75.4 cm³/mol. The molecule has 1 heteroatoms. The molecule has 0 unspecified atom stereocenters. The van der Waals surface area contributed by atoms with E-state index in [4.69, 9.17) is 0 Å². The van der Waals surface area contributed by atoms with Gasteiger partial charge in [-0.15, -0.1) is 0 Å². The Labute approximate surface area is 111 Å². The van der Waals surface area contributed by atoms with Gasteiger partial charge in [0.1, 0.15) is 0 Å². The normalized spacial score (nSPS) is 38.8. The lowest BCUT2D eigenvalue weighted by molar-refractivity contribution is 0.0139. The van der Waals surface area contributed by atoms with Gasteiger partial charge >= 0.3 is 0 Å². The number of rotatable bonds is 0. The van der Waals surface area contributed by atoms with Crippen LogP contribution in [0.4, 0.5) is 0 Å². The molecule has 1 N–H and O–H groups in total. The zero-order valence-electron chi connectivity index (χ0n) is 12.1. The van der Waals surface area contributed by atoms with E-state index in [0.29, 0.717) is 16.6 Å². The summed E-state index contributed by atoms with van der Waals surface area (Å²) >= 11 is 0. The minimum atomic E-state index is 0.323. The molecule has 18 heavy (non-hydrogen) atoms. The van der Waals surface area contributed by atoms with Crippen molar-refractivity contribution in [2.45, 2.75) is 65.7 Å². The molecule has 0 saturated heterocycles. The van der Waals surface area contributed by atoms with Crippen molar-refractivity contribution in [3.63, 3.8) is 0 Å². The molecule has 0 radical (unpaired) electrons. The molecule has 2 atom stereocenters. The van der Waals surface area contributed by atoms with Gasteiger partial charge in [-0.25, -0.2) is 0 Å². The highest BCUT2D eigenvalue weighted by Gasteiger charge is 2.50. The summed E-state index contributed by atoms with van der Waals surface area (Å²) < 4.78 is 0. The summed E-state index contributed by atoms with van der Waals surface area (Å²) in [5, 5.41) is 9.91. The van der Waals surface area contributed by atoms with Gasteiger partial charge in [0.05, 0.1) is 5.76 Å². The van der Waals surface area contributed by atoms with Gasteiger partial charge in [-0.3, -0.25) is 0 Å². The van der Waals surface area contributed by atoms with Crippen LogP contribution in [0.5, 0.6) is 0 Å². The second kappa shape index (κ2) is 3.88. The third-order valence-corrected chi connectivity index (χ3v) is 5.95. The van der Waals surface area contributed by atoms with Crippen molar-refractivity contribution < 1.29 is 5.11 Å². The first kappa shape index (κ1) is 12.3. The Balaban J connectivity index is 2.06. The van der Waals surface area contributed by atoms with Crippen LogP contribution in [0.2, 0.25) is 0 Å². The highest BCUT2D eigenvalue weighted by atomic mass is 16.3. The van der Waals surface area contributed by atoms with E-state index in [1.165, 1.54) is 37.7 Å². The maximum atomic E-state index is 9.91. The van der Waals surface area contributed by atoms with Crippen LogP contribution in [0.25, 0.3) is 0 Å². The van der Waals surface area contributed by atoms with E-state index in [1.807, 2.05) is 0 Å². The molecule has 100 valence electrons. The van der Waals surface area contributed by atoms with Crippen LogP contribution in [0.3, 0.4) is 0 Å². The first-order valence-corrected chi connectivity index (χ1v) is 7.55. The molecule has 3 aliphatic rings. The minimum Gasteiger partial charge on any atom is -0.512 e. The zero-order valence-corrected chi connectivity index (χ0v) is 12.1. The molecule has 0 heterocycles. The fraction of sp³-hybridized carbons (Fsp3) is 0.765. The second-order valence-corrected chi connectivity index (χ2v) is 7.50. The number of allylic oxidation sites excluding steroid dienone is 4. The van der Waals surface area contributed by atoms with E-state index in [2.05, 4.69) is 26.8 Å². The van der Waals surface area contributed by atoms with Gasteiger partial charge in [-0.1, -0.05) is 32.8 Å². The number of hydrogen-bond donors (Lipinski definition) is 1. The summed E-state index contributed by atoms with van der Waals surface area (Å²) in [4.78, 5) is 0. The lowest BCUT2D eigenvalue weighted by atomic mass is 9.49. The van der Waals surface area contributed by atoms with Crippen molar-refractivity contribution in [2.75, 3.05) is 0 Å². The van der Waals surface area contributed by atoms with Crippen molar-refractivity contribution in [3.05, 3.63) is 23.0 Å². The van der Waals surface area contributed by atoms with Gasteiger partial charge in [-0.2, -0.15) is 0 Å². The second-order valence-electron chi connectivity index (χ2n) is 7.50. The topological polar surface area (TPSA) is 20.2 Å². The number of aliphatic hydroxyl groups is 1. The van der Waals surface area contributed by atoms with Gasteiger partial charge in [0.25, 0.3) is 0 Å². The van der Waals surface area contributed by atoms with E-state index < -0.39 is 0 Å². The summed E-state index contributed by atoms with van der Waals surface area (Å²) in [6, 6.07) is 0. The van der Waals surface area contributed by atoms with Crippen molar-refractivity contribution >= 4 is 0 Å². The first-order valence-electron chi connectivity index (χ1n) is 7.55. The van der Waals surface area contributed by atoms with Crippen LogP contribution in [-0.4, -0.2) is 5.11 Å². The molecule has 0 aromatic rings. The molecule has 0 amide bonds. The van der Waals surface area contributed by atoms with Crippen LogP contribution in [-0.2, 0) is 0 Å². The van der Waals surface area contributed by atoms with Crippen LogP contribution < -0.4 is 0 Å². The van der Waals surface area contributed by atoms with E-state index in [9.17, 15) is 5.11 Å². The Morgan fingerprint density at radius 3 is 2.67 bits per heavy atom. The van der Waals surface area contributed by atoms with Crippen molar-refractivity contribution in [3.8, 4) is 0 Å². The molecular weight excluding hydrogens is 220 g/mol. The van der Waals surface area contributed by atoms with Crippen LogP contribution in [0, 0.1) is 16.7 Å². The Bertz CT molecular complexity index is 427. The summed E-state index contributed by atoms with van der Waals surface area (Å²) in [7, 11) is 0. The Morgan fingerprint density at radius 1 is 1.11 bits per heavy atom. The molecular formula is C17H26O. The van der Waals surface area contributed by atoms with Gasteiger partial charge in [0, 0.05) is 6.42 Å². The minimum absolute atomic E-state index is 0.323. The highest BCUT2D eigenvalue weighted by molar-refractivity contribution is 5.40. The zero-order chi connectivity index (χ0) is 13.0. The van der Waals surface area contributed by atoms with E-state index in [-0.39, 0.29) is 0 Å². The lowest BCUT2D eigenvalue weighted by Gasteiger charge is -2.55. The smallest absolute Gasteiger partial charge is 0.0928 e. The largest absolute Gasteiger partial charge is 0.512 e. The maximum absolute atomic E-state index is 9.91. The molecule has 3 aliphatic carbocycles. The Hall–Kier alpha value is -0.720. The quantitative estimate of drug-likeness (QED) is 0.627. The van der Waals surface area contributed by atoms with Gasteiger partial charge in [-0.05, 0) is 60.5 Å². The SMILES string of the molecule is CC1(C)CCC[C@]2(C)C3=C(CCC(O)=C3)CC[C@@H]12. The average molecular weight is 246 g/mol. The van der Waals surface area contributed by atoms with Crippen molar-refractivity contribution in [1.29, 1.82) is 0 Å². The number of hydrogen-bond acceptors (Lipinski definition) is 1. The molecule has 0 spiro atoms. The number of aliphatic hydroxyl groups excluding tert-OH is 1. The Kier molecular flexibility index (Phi) is 2.66. The van der Waals surface area contributed by atoms with Gasteiger partial charge < -0.3 is 5.11 Å². The third-order valence-electron chi connectivity index (χ3n) is 5.95. The molecule has 3 rings (SSSR count). The summed E-state index contributed by atoms with van der Waals surface area (Å²) in [6.45, 7) is 7.36. The predicted octanol–water partition coefficient (Wildman–Crippen LogP) is 5.15. The standard InChI is InChI=1S/C17H26O/c1-16(2)9-4-10-17(3)14-11-13(18)7-5-12(14)6-8-15(16)17/h11,15,18H,4-10H2,1-3H3/t15-,17+/m0/s1. The summed E-state index contributed by atoms with van der Waals surface area (Å²) in [5.74, 6) is 1.40. The highest BCUT2D eigenvalue weighted by Crippen LogP contribution is 2.60. The van der Waals surface area contributed by atoms with Crippen molar-refractivity contribution in [2.24, 2.45) is 16.7 Å². The molecule has 0 aromatic heterocycles. The maximum Gasteiger partial charge on any atom is 0.0928 e. The fourth-order valence-corrected chi connectivity index (χ4v) is 5.06. The lowest BCUT2D eigenvalue weighted by Crippen LogP contribution is -2.45. The monoisotopic (exact) mass is 246 g/mol. The Morgan fingerprint density at radius 2 is 1.89 bits per heavy atom. The van der Waals surface area contributed by atoms with Crippen LogP contribution in [0.15, 0.2) is 23.0 Å². The van der Waals surface area contributed by atoms with Crippen LogP contribution >= 0.6 is 0 Å². The fourth-order valence-electron chi connectivity index (χ4n) is 5.06. The number of fused-ring (bicyclic) bond motifs is 2. The average Bonchev–Trinajstić information content (AvgIpc) is 2.29. The van der Waals surface area contributed by atoms with Crippen LogP contribution in [0.1, 0.15) is 65.7 Å². The summed E-state index contributed by atoms with van der Waals surface area (Å²) in [5.41, 5.74) is 3.94. The molecule has 1 fully saturated rings. The van der Waals surface area contributed by atoms with Crippen molar-refractivity contribution in [1.82, 2.24) is 0 Å². The van der Waals surface area contributed by atoms with Gasteiger partial charge in [0.15, 0.2) is 0 Å². The molecule has 1 saturated carbocycles. The first-order chi connectivity index (χ1) is 8.43. The summed E-state index contributed by atoms with van der Waals surface area (Å²) in [6.07, 6.45) is 10.7. The van der Waals surface area contributed by atoms with E-state index in [1.54, 1.807) is 5.57 Å². The molecule has 0 bridgehead atoms. The van der Waals surface area contributed by atoms with E-state index in [0.717, 1.165) is 18.8 Å². The van der Waals surface area contributed by atoms with Gasteiger partial charge in [0.2, 0.25) is 0 Å².